The summed E-state index contributed by atoms with van der Waals surface area (Å²) < 4.78 is 0. The molecular weight excluding hydrogens is 310 g/mol. The maximum Gasteiger partial charge on any atom is 0.158 e. The van der Waals surface area contributed by atoms with Crippen molar-refractivity contribution in [2.24, 2.45) is 9.98 Å². The molecule has 0 aromatic heterocycles. The summed E-state index contributed by atoms with van der Waals surface area (Å²) >= 11 is 0. The predicted molar refractivity (Wildman–Crippen MR) is 92.2 cm³/mol. The third-order valence-electron chi connectivity index (χ3n) is 3.04. The van der Waals surface area contributed by atoms with Crippen molar-refractivity contribution in [2.75, 3.05) is 13.1 Å². The number of phenolic OH excluding ortho intramolecular Hbond substituents is 4. The number of hydrogen-bond donors (Lipinski definition) is 5. The highest BCUT2D eigenvalue weighted by Gasteiger charge is 2.00. The number of nitrogens with one attached hydrogen (secondary N) is 1. The number of phenols is 4. The Morgan fingerprint density at radius 2 is 1.17 bits per heavy atom. The molecule has 7 nitrogen and oxygen atoms in total. The maximum absolute atomic E-state index is 9.36. The fraction of sp³-hybridized carbons (Fsp3) is 0.118. The second kappa shape index (κ2) is 7.77. The molecule has 0 heterocycles. The lowest BCUT2D eigenvalue weighted by molar-refractivity contribution is 0.403. The van der Waals surface area contributed by atoms with Gasteiger partial charge in [0.2, 0.25) is 0 Å². The van der Waals surface area contributed by atoms with Crippen molar-refractivity contribution in [3.05, 3.63) is 47.5 Å². The minimum Gasteiger partial charge on any atom is -0.504 e. The Kier molecular flexibility index (Phi) is 5.51. The van der Waals surface area contributed by atoms with E-state index in [0.717, 1.165) is 0 Å². The molecule has 0 radical (unpaired) electrons. The predicted octanol–water partition coefficient (Wildman–Crippen LogP) is 2.07. The minimum absolute atomic E-state index is 0.153. The van der Waals surface area contributed by atoms with Crippen LogP contribution in [-0.4, -0.2) is 51.7 Å². The molecule has 0 fully saturated rings. The monoisotopic (exact) mass is 327 g/mol. The summed E-state index contributed by atoms with van der Waals surface area (Å²) in [4.78, 5) is 8.15. The average Bonchev–Trinajstić information content (AvgIpc) is 2.54. The van der Waals surface area contributed by atoms with Gasteiger partial charge in [0.25, 0.3) is 0 Å². The molecule has 0 saturated heterocycles. The molecule has 0 aliphatic heterocycles. The molecule has 0 saturated carbocycles. The van der Waals surface area contributed by atoms with Crippen LogP contribution < -0.4 is 0 Å². The quantitative estimate of drug-likeness (QED) is 0.411. The lowest BCUT2D eigenvalue weighted by Crippen LogP contribution is -2.06. The molecule has 5 N–H and O–H groups in total. The summed E-state index contributed by atoms with van der Waals surface area (Å²) in [5.41, 5.74) is 1.51. The molecule has 2 rings (SSSR count). The lowest BCUT2D eigenvalue weighted by atomic mass is 10.2. The van der Waals surface area contributed by atoms with Crippen LogP contribution >= 0.6 is 0 Å². The standard InChI is InChI=1S/C17H17N3O4/c18-13(9-19-7-11-1-3-14(21)16(23)5-11)10-20-8-12-2-4-15(22)17(24)6-12/h1-8,18,21-24H,9-10H2. The van der Waals surface area contributed by atoms with Gasteiger partial charge in [0.05, 0.1) is 18.8 Å². The van der Waals surface area contributed by atoms with Crippen LogP contribution in [0.2, 0.25) is 0 Å². The van der Waals surface area contributed by atoms with E-state index in [2.05, 4.69) is 9.98 Å². The van der Waals surface area contributed by atoms with Crippen molar-refractivity contribution in [3.8, 4) is 23.0 Å². The van der Waals surface area contributed by atoms with E-state index in [9.17, 15) is 20.4 Å². The van der Waals surface area contributed by atoms with Crippen molar-refractivity contribution in [1.29, 1.82) is 5.41 Å². The van der Waals surface area contributed by atoms with Gasteiger partial charge in [-0.05, 0) is 47.5 Å². The zero-order valence-electron chi connectivity index (χ0n) is 12.7. The van der Waals surface area contributed by atoms with Crippen LogP contribution in [0.1, 0.15) is 11.1 Å². The fourth-order valence-corrected chi connectivity index (χ4v) is 1.81. The average molecular weight is 327 g/mol. The number of rotatable bonds is 6. The molecule has 0 aliphatic rings. The van der Waals surface area contributed by atoms with Crippen molar-refractivity contribution >= 4 is 18.1 Å². The van der Waals surface area contributed by atoms with Gasteiger partial charge in [-0.3, -0.25) is 9.98 Å². The molecule has 0 aliphatic carbocycles. The fourth-order valence-electron chi connectivity index (χ4n) is 1.81. The number of hydrogen-bond acceptors (Lipinski definition) is 7. The van der Waals surface area contributed by atoms with Crippen LogP contribution in [0, 0.1) is 5.41 Å². The number of benzene rings is 2. The van der Waals surface area contributed by atoms with E-state index in [1.807, 2.05) is 0 Å². The van der Waals surface area contributed by atoms with E-state index >= 15 is 0 Å². The third-order valence-corrected chi connectivity index (χ3v) is 3.04. The van der Waals surface area contributed by atoms with E-state index < -0.39 is 0 Å². The summed E-state index contributed by atoms with van der Waals surface area (Å²) in [6.45, 7) is 0.305. The summed E-state index contributed by atoms with van der Waals surface area (Å²) in [7, 11) is 0. The van der Waals surface area contributed by atoms with Crippen LogP contribution in [0.25, 0.3) is 0 Å². The Bertz CT molecular complexity index is 735. The first-order chi connectivity index (χ1) is 11.5. The zero-order chi connectivity index (χ0) is 17.5. The summed E-state index contributed by atoms with van der Waals surface area (Å²) in [6, 6.07) is 8.66. The van der Waals surface area contributed by atoms with Crippen molar-refractivity contribution in [2.45, 2.75) is 0 Å². The van der Waals surface area contributed by atoms with Gasteiger partial charge in [0.1, 0.15) is 0 Å². The van der Waals surface area contributed by atoms with Gasteiger partial charge in [-0.1, -0.05) is 0 Å². The molecule has 2 aromatic rings. The second-order valence-corrected chi connectivity index (χ2v) is 5.04. The molecular formula is C17H17N3O4. The van der Waals surface area contributed by atoms with Crippen molar-refractivity contribution in [1.82, 2.24) is 0 Å². The topological polar surface area (TPSA) is 129 Å². The maximum atomic E-state index is 9.36. The van der Waals surface area contributed by atoms with Gasteiger partial charge < -0.3 is 25.8 Å². The van der Waals surface area contributed by atoms with E-state index in [0.29, 0.717) is 11.1 Å². The Morgan fingerprint density at radius 1 is 0.750 bits per heavy atom. The van der Waals surface area contributed by atoms with Gasteiger partial charge in [0.15, 0.2) is 23.0 Å². The first-order valence-corrected chi connectivity index (χ1v) is 7.05. The van der Waals surface area contributed by atoms with Crippen LogP contribution in [-0.2, 0) is 0 Å². The van der Waals surface area contributed by atoms with Crippen LogP contribution in [0.4, 0.5) is 0 Å². The largest absolute Gasteiger partial charge is 0.504 e. The Labute approximate surface area is 138 Å². The lowest BCUT2D eigenvalue weighted by Gasteiger charge is -1.99. The zero-order valence-corrected chi connectivity index (χ0v) is 12.7. The van der Waals surface area contributed by atoms with Crippen LogP contribution in [0.3, 0.4) is 0 Å². The van der Waals surface area contributed by atoms with Crippen molar-refractivity contribution < 1.29 is 20.4 Å². The van der Waals surface area contributed by atoms with Gasteiger partial charge in [0, 0.05) is 12.4 Å². The minimum atomic E-state index is -0.226. The number of aromatic hydroxyl groups is 4. The SMILES string of the molecule is N=C(CN=Cc1ccc(O)c(O)c1)CN=Cc1ccc(O)c(O)c1. The van der Waals surface area contributed by atoms with Gasteiger partial charge >= 0.3 is 0 Å². The van der Waals surface area contributed by atoms with E-state index in [1.54, 1.807) is 12.1 Å². The highest BCUT2D eigenvalue weighted by molar-refractivity contribution is 5.90. The van der Waals surface area contributed by atoms with Crippen molar-refractivity contribution in [3.63, 3.8) is 0 Å². The Morgan fingerprint density at radius 3 is 1.54 bits per heavy atom. The molecule has 0 bridgehead atoms. The summed E-state index contributed by atoms with van der Waals surface area (Å²) in [5.74, 6) is -0.851. The van der Waals surface area contributed by atoms with E-state index in [4.69, 9.17) is 5.41 Å². The molecule has 7 heteroatoms. The van der Waals surface area contributed by atoms with Gasteiger partial charge in [-0.15, -0.1) is 0 Å². The molecule has 0 unspecified atom stereocenters. The molecule has 0 amide bonds. The highest BCUT2D eigenvalue weighted by atomic mass is 16.3. The molecule has 24 heavy (non-hydrogen) atoms. The summed E-state index contributed by atoms with van der Waals surface area (Å²) in [6.07, 6.45) is 2.99. The van der Waals surface area contributed by atoms with E-state index in [-0.39, 0.29) is 41.8 Å². The molecule has 0 atom stereocenters. The van der Waals surface area contributed by atoms with Gasteiger partial charge in [-0.25, -0.2) is 0 Å². The van der Waals surface area contributed by atoms with Crippen LogP contribution in [0.5, 0.6) is 23.0 Å². The number of nitrogens with zero attached hydrogens (tertiary/aromatic N) is 2. The summed E-state index contributed by atoms with van der Waals surface area (Å²) in [5, 5.41) is 44.9. The first kappa shape index (κ1) is 17.0. The Balaban J connectivity index is 1.84. The van der Waals surface area contributed by atoms with Crippen LogP contribution in [0.15, 0.2) is 46.4 Å². The normalized spacial score (nSPS) is 11.3. The Hall–Kier alpha value is -3.35. The molecule has 2 aromatic carbocycles. The smallest absolute Gasteiger partial charge is 0.158 e. The molecule has 0 spiro atoms. The van der Waals surface area contributed by atoms with E-state index in [1.165, 1.54) is 36.7 Å². The first-order valence-electron chi connectivity index (χ1n) is 7.05. The third kappa shape index (κ3) is 4.84. The second-order valence-electron chi connectivity index (χ2n) is 5.04. The molecule has 124 valence electrons. The number of aliphatic imine (C=N–C) groups is 2. The highest BCUT2D eigenvalue weighted by Crippen LogP contribution is 2.24. The van der Waals surface area contributed by atoms with Gasteiger partial charge in [-0.2, -0.15) is 0 Å².